The van der Waals surface area contributed by atoms with Crippen LogP contribution >= 0.6 is 22.9 Å². The number of rotatable bonds is 7. The van der Waals surface area contributed by atoms with Crippen molar-refractivity contribution in [3.63, 3.8) is 0 Å². The van der Waals surface area contributed by atoms with E-state index in [0.717, 1.165) is 12.3 Å². The van der Waals surface area contributed by atoms with Crippen LogP contribution in [-0.4, -0.2) is 28.1 Å². The highest BCUT2D eigenvalue weighted by Gasteiger charge is 2.33. The summed E-state index contributed by atoms with van der Waals surface area (Å²) in [5.74, 6) is -0.248. The van der Waals surface area contributed by atoms with Gasteiger partial charge < -0.3 is 9.47 Å². The quantitative estimate of drug-likeness (QED) is 0.347. The van der Waals surface area contributed by atoms with Gasteiger partial charge in [-0.15, -0.1) is 24.5 Å². The molecule has 2 aromatic carbocycles. The lowest BCUT2D eigenvalue weighted by Gasteiger charge is -2.29. The number of sulfonamides is 1. The third-order valence-electron chi connectivity index (χ3n) is 4.95. The Kier molecular flexibility index (Phi) is 6.93. The molecule has 0 radical (unpaired) electrons. The first-order valence-electron chi connectivity index (χ1n) is 9.51. The fourth-order valence-electron chi connectivity index (χ4n) is 3.33. The highest BCUT2D eigenvalue weighted by molar-refractivity contribution is 7.92. The molecule has 178 valence electrons. The molecule has 0 aliphatic rings. The Morgan fingerprint density at radius 3 is 2.18 bits per heavy atom. The molecule has 0 aliphatic carbocycles. The number of halogens is 4. The van der Waals surface area contributed by atoms with Crippen molar-refractivity contribution in [3.05, 3.63) is 70.1 Å². The summed E-state index contributed by atoms with van der Waals surface area (Å²) in [5, 5.41) is 2.50. The van der Waals surface area contributed by atoms with Crippen molar-refractivity contribution in [2.75, 3.05) is 17.7 Å². The predicted octanol–water partition coefficient (Wildman–Crippen LogP) is 6.73. The predicted molar refractivity (Wildman–Crippen MR) is 125 cm³/mol. The van der Waals surface area contributed by atoms with Gasteiger partial charge >= 0.3 is 6.36 Å². The maximum Gasteiger partial charge on any atom is 0.573 e. The molecule has 0 aliphatic heterocycles. The van der Waals surface area contributed by atoms with Crippen molar-refractivity contribution in [2.45, 2.75) is 25.6 Å². The van der Waals surface area contributed by atoms with Crippen LogP contribution in [0.4, 0.5) is 23.9 Å². The number of anilines is 2. The van der Waals surface area contributed by atoms with E-state index >= 15 is 0 Å². The Bertz CT molecular complexity index is 1240. The largest absolute Gasteiger partial charge is 0.573 e. The number of hydrogen-bond acceptors (Lipinski definition) is 5. The molecular weight excluding hydrogens is 499 g/mol. The minimum atomic E-state index is -4.87. The molecule has 0 saturated heterocycles. The van der Waals surface area contributed by atoms with Crippen LogP contribution in [0, 0.1) is 0 Å². The molecule has 0 bridgehead atoms. The highest BCUT2D eigenvalue weighted by atomic mass is 35.5. The number of thiophene rings is 1. The molecule has 0 saturated carbocycles. The SMILES string of the molecule is COc1cc(OC(F)(F)F)cc(C(C)(C)c2cc(Cl)cc(N(c3cccs3)S(C)(=O)=O)c2)c1. The Labute approximate surface area is 199 Å². The van der Waals surface area contributed by atoms with E-state index in [1.54, 1.807) is 49.6 Å². The van der Waals surface area contributed by atoms with Gasteiger partial charge in [-0.25, -0.2) is 12.7 Å². The van der Waals surface area contributed by atoms with Gasteiger partial charge in [-0.1, -0.05) is 25.4 Å². The topological polar surface area (TPSA) is 55.8 Å². The maximum atomic E-state index is 12.8. The smallest absolute Gasteiger partial charge is 0.497 e. The van der Waals surface area contributed by atoms with Crippen molar-refractivity contribution in [2.24, 2.45) is 0 Å². The summed E-state index contributed by atoms with van der Waals surface area (Å²) in [4.78, 5) is 0. The van der Waals surface area contributed by atoms with Crippen molar-refractivity contribution >= 4 is 43.6 Å². The number of hydrogen-bond donors (Lipinski definition) is 0. The van der Waals surface area contributed by atoms with Gasteiger partial charge in [-0.3, -0.25) is 0 Å². The van der Waals surface area contributed by atoms with Crippen LogP contribution in [0.15, 0.2) is 53.9 Å². The first kappa shape index (κ1) is 25.2. The molecule has 0 N–H and O–H groups in total. The van der Waals surface area contributed by atoms with Gasteiger partial charge in [0, 0.05) is 16.5 Å². The highest BCUT2D eigenvalue weighted by Crippen LogP contribution is 2.41. The summed E-state index contributed by atoms with van der Waals surface area (Å²) in [6.45, 7) is 3.56. The molecule has 0 fully saturated rings. The fourth-order valence-corrected chi connectivity index (χ4v) is 5.63. The number of alkyl halides is 3. The molecule has 1 heterocycles. The molecule has 33 heavy (non-hydrogen) atoms. The van der Waals surface area contributed by atoms with Gasteiger partial charge in [-0.05, 0) is 59.0 Å². The van der Waals surface area contributed by atoms with Gasteiger partial charge in [0.1, 0.15) is 16.5 Å². The Morgan fingerprint density at radius 2 is 1.64 bits per heavy atom. The van der Waals surface area contributed by atoms with Crippen LogP contribution < -0.4 is 13.8 Å². The molecular formula is C22H21ClF3NO4S2. The van der Waals surface area contributed by atoms with Crippen molar-refractivity contribution in [1.82, 2.24) is 0 Å². The molecule has 0 spiro atoms. The minimum absolute atomic E-state index is 0.179. The van der Waals surface area contributed by atoms with E-state index in [9.17, 15) is 21.6 Å². The van der Waals surface area contributed by atoms with E-state index in [0.29, 0.717) is 21.8 Å². The lowest BCUT2D eigenvalue weighted by Crippen LogP contribution is -2.25. The normalized spacial score (nSPS) is 12.5. The monoisotopic (exact) mass is 519 g/mol. The lowest BCUT2D eigenvalue weighted by atomic mass is 9.78. The molecule has 0 amide bonds. The summed E-state index contributed by atoms with van der Waals surface area (Å²) in [7, 11) is -2.36. The summed E-state index contributed by atoms with van der Waals surface area (Å²) >= 11 is 7.60. The van der Waals surface area contributed by atoms with Crippen LogP contribution in [-0.2, 0) is 15.4 Å². The second-order valence-corrected chi connectivity index (χ2v) is 10.9. The van der Waals surface area contributed by atoms with E-state index in [4.69, 9.17) is 16.3 Å². The van der Waals surface area contributed by atoms with Gasteiger partial charge in [0.2, 0.25) is 10.0 Å². The molecule has 3 rings (SSSR count). The number of nitrogens with zero attached hydrogens (tertiary/aromatic N) is 1. The summed E-state index contributed by atoms with van der Waals surface area (Å²) < 4.78 is 74.1. The van der Waals surface area contributed by atoms with Crippen molar-refractivity contribution < 1.29 is 31.1 Å². The van der Waals surface area contributed by atoms with Crippen LogP contribution in [0.25, 0.3) is 0 Å². The van der Waals surface area contributed by atoms with Crippen LogP contribution in [0.2, 0.25) is 5.02 Å². The second kappa shape index (κ2) is 9.08. The van der Waals surface area contributed by atoms with Gasteiger partial charge in [0.25, 0.3) is 0 Å². The lowest BCUT2D eigenvalue weighted by molar-refractivity contribution is -0.274. The molecule has 1 aromatic heterocycles. The number of ether oxygens (including phenoxy) is 2. The number of methoxy groups -OCH3 is 1. The summed E-state index contributed by atoms with van der Waals surface area (Å²) in [6.07, 6.45) is -3.78. The Balaban J connectivity index is 2.15. The summed E-state index contributed by atoms with van der Waals surface area (Å²) in [6, 6.07) is 12.2. The molecule has 0 unspecified atom stereocenters. The number of benzene rings is 2. The second-order valence-electron chi connectivity index (χ2n) is 7.75. The van der Waals surface area contributed by atoms with Crippen LogP contribution in [0.1, 0.15) is 25.0 Å². The Morgan fingerprint density at radius 1 is 1.00 bits per heavy atom. The zero-order valence-corrected chi connectivity index (χ0v) is 20.5. The van der Waals surface area contributed by atoms with Gasteiger partial charge in [0.15, 0.2) is 0 Å². The molecule has 0 atom stereocenters. The van der Waals surface area contributed by atoms with Crippen LogP contribution in [0.5, 0.6) is 11.5 Å². The van der Waals surface area contributed by atoms with E-state index < -0.39 is 27.6 Å². The average Bonchev–Trinajstić information content (AvgIpc) is 3.18. The zero-order chi connectivity index (χ0) is 24.6. The van der Waals surface area contributed by atoms with Gasteiger partial charge in [0.05, 0.1) is 19.1 Å². The molecule has 3 aromatic rings. The van der Waals surface area contributed by atoms with E-state index in [-0.39, 0.29) is 10.8 Å². The Hall–Kier alpha value is -2.43. The minimum Gasteiger partial charge on any atom is -0.497 e. The third kappa shape index (κ3) is 5.93. The van der Waals surface area contributed by atoms with Gasteiger partial charge in [-0.2, -0.15) is 0 Å². The molecule has 11 heteroatoms. The molecule has 5 nitrogen and oxygen atoms in total. The van der Waals surface area contributed by atoms with Crippen LogP contribution in [0.3, 0.4) is 0 Å². The van der Waals surface area contributed by atoms with Crippen molar-refractivity contribution in [1.29, 1.82) is 0 Å². The first-order valence-corrected chi connectivity index (χ1v) is 12.6. The average molecular weight is 520 g/mol. The zero-order valence-electron chi connectivity index (χ0n) is 18.1. The first-order chi connectivity index (χ1) is 15.2. The third-order valence-corrected chi connectivity index (χ3v) is 7.21. The van der Waals surface area contributed by atoms with E-state index in [1.165, 1.54) is 34.9 Å². The maximum absolute atomic E-state index is 12.8. The van der Waals surface area contributed by atoms with E-state index in [2.05, 4.69) is 4.74 Å². The van der Waals surface area contributed by atoms with E-state index in [1.807, 2.05) is 0 Å². The van der Waals surface area contributed by atoms with Crippen molar-refractivity contribution in [3.8, 4) is 11.5 Å². The standard InChI is InChI=1S/C22H21ClF3NO4S2/c1-21(2,15-10-18(30-3)13-19(11-15)31-22(24,25)26)14-8-16(23)12-17(9-14)27(33(4,28)29)20-6-5-7-32-20/h5-13H,1-4H3. The fraction of sp³-hybridized carbons (Fsp3) is 0.273. The summed E-state index contributed by atoms with van der Waals surface area (Å²) in [5.41, 5.74) is 0.458.